The van der Waals surface area contributed by atoms with E-state index in [2.05, 4.69) is 10.2 Å². The van der Waals surface area contributed by atoms with Crippen molar-refractivity contribution in [3.63, 3.8) is 0 Å². The van der Waals surface area contributed by atoms with Crippen LogP contribution >= 0.6 is 0 Å². The Kier molecular flexibility index (Phi) is 7.41. The molecule has 2 aromatic carbocycles. The zero-order chi connectivity index (χ0) is 22.4. The lowest BCUT2D eigenvalue weighted by molar-refractivity contribution is -0.671. The van der Waals surface area contributed by atoms with E-state index in [1.54, 1.807) is 18.2 Å². The molecule has 7 heteroatoms. The first-order valence-corrected chi connectivity index (χ1v) is 10.8. The van der Waals surface area contributed by atoms with Gasteiger partial charge in [-0.1, -0.05) is 18.2 Å². The molecule has 1 aliphatic heterocycles. The summed E-state index contributed by atoms with van der Waals surface area (Å²) in [4.78, 5) is 13.8. The van der Waals surface area contributed by atoms with E-state index in [0.717, 1.165) is 62.1 Å². The van der Waals surface area contributed by atoms with Gasteiger partial charge in [-0.15, -0.1) is 0 Å². The van der Waals surface area contributed by atoms with Crippen molar-refractivity contribution in [1.29, 1.82) is 10.8 Å². The number of nitrogens with zero attached hydrogens (tertiary/aromatic N) is 1. The Morgan fingerprint density at radius 1 is 1.13 bits per heavy atom. The fraction of sp³-hybridized carbons (Fsp3) is 0.375. The van der Waals surface area contributed by atoms with Crippen LogP contribution in [0.1, 0.15) is 47.7 Å². The molecule has 0 bridgehead atoms. The summed E-state index contributed by atoms with van der Waals surface area (Å²) < 4.78 is 0. The molecule has 0 unspecified atom stereocenters. The van der Waals surface area contributed by atoms with Crippen molar-refractivity contribution in [2.75, 3.05) is 19.6 Å². The van der Waals surface area contributed by atoms with Gasteiger partial charge in [0.25, 0.3) is 0 Å². The zero-order valence-electron chi connectivity index (χ0n) is 18.0. The first-order valence-electron chi connectivity index (χ1n) is 10.8. The first-order chi connectivity index (χ1) is 14.8. The van der Waals surface area contributed by atoms with Gasteiger partial charge in [0, 0.05) is 24.2 Å². The van der Waals surface area contributed by atoms with Gasteiger partial charge in [0.2, 0.25) is 0 Å². The average molecular weight is 423 g/mol. The number of aromatic carboxylic acids is 1. The number of benzene rings is 2. The van der Waals surface area contributed by atoms with Crippen molar-refractivity contribution in [3.8, 4) is 11.1 Å². The zero-order valence-corrected chi connectivity index (χ0v) is 18.0. The van der Waals surface area contributed by atoms with Crippen molar-refractivity contribution in [1.82, 2.24) is 4.90 Å². The third kappa shape index (κ3) is 6.15. The van der Waals surface area contributed by atoms with Crippen molar-refractivity contribution >= 4 is 17.6 Å². The molecule has 0 aromatic heterocycles. The van der Waals surface area contributed by atoms with Gasteiger partial charge < -0.3 is 21.1 Å². The van der Waals surface area contributed by atoms with Crippen LogP contribution in [0.3, 0.4) is 0 Å². The molecular formula is C24H32N5O2+. The first kappa shape index (κ1) is 22.5. The number of hydrogen-bond donors (Lipinski definition) is 5. The van der Waals surface area contributed by atoms with Crippen LogP contribution in [0.4, 0.5) is 0 Å². The minimum atomic E-state index is -0.945. The topological polar surface area (TPSA) is 131 Å². The second-order valence-electron chi connectivity index (χ2n) is 8.30. The van der Waals surface area contributed by atoms with Crippen molar-refractivity contribution < 1.29 is 15.2 Å². The Hall–Kier alpha value is -3.19. The molecule has 0 atom stereocenters. The van der Waals surface area contributed by atoms with Crippen LogP contribution in [0.25, 0.3) is 11.1 Å². The number of rotatable bonds is 8. The van der Waals surface area contributed by atoms with Gasteiger partial charge in [0.05, 0.1) is 17.9 Å². The molecule has 1 saturated heterocycles. The van der Waals surface area contributed by atoms with Crippen molar-refractivity contribution in [3.05, 3.63) is 59.2 Å². The largest absolute Gasteiger partial charge is 0.478 e. The summed E-state index contributed by atoms with van der Waals surface area (Å²) in [5, 5.41) is 27.2. The molecule has 0 spiro atoms. The van der Waals surface area contributed by atoms with E-state index in [0.29, 0.717) is 17.3 Å². The standard InChI is InChI=1S/C24H31N5O2/c1-16(25)29-9-6-17(7-10-29)5-8-28-15-18-11-21(14-22(12-18)24(30)31)19-3-2-4-20(13-19)23(26)27/h2-4,11-14,17,25,28H,5-10,15H2,1H3,(H3,26,27)(H,30,31)/p+1. The van der Waals surface area contributed by atoms with Crippen LogP contribution < -0.4 is 11.1 Å². The SMILES string of the molecule is CC(=N)N1CCC(CC[NH2+]Cc2cc(C(=O)O)cc(-c3cccc(C(=N)N)c3)c2)CC1. The predicted molar refractivity (Wildman–Crippen MR) is 123 cm³/mol. The lowest BCUT2D eigenvalue weighted by Crippen LogP contribution is -2.82. The van der Waals surface area contributed by atoms with E-state index in [9.17, 15) is 9.90 Å². The number of carboxylic acid groups (broad SMARTS) is 1. The monoisotopic (exact) mass is 422 g/mol. The summed E-state index contributed by atoms with van der Waals surface area (Å²) in [5.41, 5.74) is 9.13. The fourth-order valence-electron chi connectivity index (χ4n) is 4.15. The van der Waals surface area contributed by atoms with Crippen LogP contribution in [0.15, 0.2) is 42.5 Å². The number of nitrogen functional groups attached to an aromatic ring is 1. The van der Waals surface area contributed by atoms with E-state index in [4.69, 9.17) is 16.6 Å². The minimum Gasteiger partial charge on any atom is -0.478 e. The van der Waals surface area contributed by atoms with Crippen LogP contribution in [0, 0.1) is 16.7 Å². The van der Waals surface area contributed by atoms with E-state index in [1.165, 1.54) is 0 Å². The number of amidine groups is 2. The van der Waals surface area contributed by atoms with Gasteiger partial charge in [-0.25, -0.2) is 4.79 Å². The van der Waals surface area contributed by atoms with Gasteiger partial charge in [-0.2, -0.15) is 0 Å². The third-order valence-electron chi connectivity index (χ3n) is 5.99. The Bertz CT molecular complexity index is 964. The highest BCUT2D eigenvalue weighted by Crippen LogP contribution is 2.24. The molecule has 2 aromatic rings. The number of nitrogens with one attached hydrogen (secondary N) is 2. The third-order valence-corrected chi connectivity index (χ3v) is 5.99. The number of nitrogens with two attached hydrogens (primary N) is 2. The number of carboxylic acids is 1. The van der Waals surface area contributed by atoms with Crippen LogP contribution in [-0.4, -0.2) is 47.3 Å². The molecule has 1 aliphatic rings. The molecule has 1 fully saturated rings. The summed E-state index contributed by atoms with van der Waals surface area (Å²) in [6.45, 7) is 5.52. The van der Waals surface area contributed by atoms with E-state index >= 15 is 0 Å². The highest BCUT2D eigenvalue weighted by atomic mass is 16.4. The maximum Gasteiger partial charge on any atom is 0.335 e. The maximum absolute atomic E-state index is 11.6. The molecule has 164 valence electrons. The van der Waals surface area contributed by atoms with Crippen molar-refractivity contribution in [2.45, 2.75) is 32.7 Å². The van der Waals surface area contributed by atoms with Crippen LogP contribution in [0.5, 0.6) is 0 Å². The second-order valence-corrected chi connectivity index (χ2v) is 8.30. The molecule has 3 rings (SSSR count). The number of quaternary nitrogens is 1. The molecule has 7 nitrogen and oxygen atoms in total. The normalized spacial score (nSPS) is 14.4. The maximum atomic E-state index is 11.6. The Balaban J connectivity index is 1.62. The average Bonchev–Trinajstić information content (AvgIpc) is 2.77. The summed E-state index contributed by atoms with van der Waals surface area (Å²) in [6.07, 6.45) is 3.40. The van der Waals surface area contributed by atoms with Gasteiger partial charge in [0.15, 0.2) is 0 Å². The number of carbonyl (C=O) groups is 1. The molecule has 31 heavy (non-hydrogen) atoms. The highest BCUT2D eigenvalue weighted by molar-refractivity contribution is 5.96. The second kappa shape index (κ2) is 10.2. The van der Waals surface area contributed by atoms with E-state index in [1.807, 2.05) is 31.2 Å². The molecule has 1 heterocycles. The molecule has 0 radical (unpaired) electrons. The number of hydrogen-bond acceptors (Lipinski definition) is 3. The van der Waals surface area contributed by atoms with E-state index in [-0.39, 0.29) is 11.4 Å². The molecule has 0 aliphatic carbocycles. The van der Waals surface area contributed by atoms with Crippen LogP contribution in [0.2, 0.25) is 0 Å². The summed E-state index contributed by atoms with van der Waals surface area (Å²) >= 11 is 0. The summed E-state index contributed by atoms with van der Waals surface area (Å²) in [6, 6.07) is 12.8. The van der Waals surface area contributed by atoms with E-state index < -0.39 is 5.97 Å². The minimum absolute atomic E-state index is 0.00796. The van der Waals surface area contributed by atoms with Gasteiger partial charge in [-0.05, 0) is 67.5 Å². The fourth-order valence-corrected chi connectivity index (χ4v) is 4.15. The van der Waals surface area contributed by atoms with Crippen LogP contribution in [-0.2, 0) is 6.54 Å². The lowest BCUT2D eigenvalue weighted by Gasteiger charge is -2.32. The molecular weight excluding hydrogens is 390 g/mol. The Morgan fingerprint density at radius 2 is 1.84 bits per heavy atom. The molecule has 7 N–H and O–H groups in total. The van der Waals surface area contributed by atoms with Crippen molar-refractivity contribution in [2.24, 2.45) is 11.7 Å². The predicted octanol–water partition coefficient (Wildman–Crippen LogP) is 2.50. The molecule has 0 saturated carbocycles. The highest BCUT2D eigenvalue weighted by Gasteiger charge is 2.19. The number of likely N-dealkylation sites (tertiary alicyclic amines) is 1. The summed E-state index contributed by atoms with van der Waals surface area (Å²) in [7, 11) is 0. The smallest absolute Gasteiger partial charge is 0.335 e. The quantitative estimate of drug-likeness (QED) is 0.254. The van der Waals surface area contributed by atoms with Gasteiger partial charge >= 0.3 is 5.97 Å². The summed E-state index contributed by atoms with van der Waals surface area (Å²) in [5.74, 6) is 0.403. The number of piperidine rings is 1. The molecule has 0 amide bonds. The lowest BCUT2D eigenvalue weighted by atomic mass is 9.93. The van der Waals surface area contributed by atoms with Gasteiger partial charge in [-0.3, -0.25) is 10.8 Å². The Morgan fingerprint density at radius 3 is 2.48 bits per heavy atom. The van der Waals surface area contributed by atoms with Gasteiger partial charge in [0.1, 0.15) is 12.4 Å². The Labute approximate surface area is 183 Å².